The summed E-state index contributed by atoms with van der Waals surface area (Å²) in [5.74, 6) is 1.40. The number of alkyl halides is 1. The minimum atomic E-state index is 0.633. The fourth-order valence-corrected chi connectivity index (χ4v) is 1.44. The quantitative estimate of drug-likeness (QED) is 0.712. The molecule has 76 valence electrons. The van der Waals surface area contributed by atoms with Gasteiger partial charge in [-0.1, -0.05) is 23.8 Å². The van der Waals surface area contributed by atoms with Crippen molar-refractivity contribution in [2.24, 2.45) is 0 Å². The summed E-state index contributed by atoms with van der Waals surface area (Å²) in [7, 11) is 1.62. The molecule has 0 heterocycles. The molecule has 0 radical (unpaired) electrons. The zero-order valence-corrected chi connectivity index (χ0v) is 9.48. The molecule has 0 atom stereocenters. The van der Waals surface area contributed by atoms with Crippen LogP contribution in [-0.2, 0) is 0 Å². The van der Waals surface area contributed by atoms with Crippen molar-refractivity contribution in [1.82, 2.24) is 0 Å². The van der Waals surface area contributed by atoms with Crippen LogP contribution in [0.2, 0.25) is 5.02 Å². The zero-order chi connectivity index (χ0) is 10.4. The van der Waals surface area contributed by atoms with Crippen molar-refractivity contribution >= 4 is 29.3 Å². The summed E-state index contributed by atoms with van der Waals surface area (Å²) in [4.78, 5) is 0. The van der Waals surface area contributed by atoms with Gasteiger partial charge in [-0.3, -0.25) is 0 Å². The summed E-state index contributed by atoms with van der Waals surface area (Å²) in [5.41, 5.74) is 1.03. The van der Waals surface area contributed by atoms with Crippen LogP contribution in [0, 0.1) is 0 Å². The smallest absolute Gasteiger partial charge is 0.120 e. The molecular weight excluding hydrogens is 219 g/mol. The molecule has 0 spiro atoms. The van der Waals surface area contributed by atoms with Crippen molar-refractivity contribution in [1.29, 1.82) is 0 Å². The SMILES string of the molecule is COc1cc(Cl)cc(C=CCCCl)c1. The molecule has 0 aliphatic carbocycles. The van der Waals surface area contributed by atoms with Gasteiger partial charge in [-0.25, -0.2) is 0 Å². The van der Waals surface area contributed by atoms with E-state index in [1.807, 2.05) is 24.3 Å². The van der Waals surface area contributed by atoms with E-state index in [4.69, 9.17) is 27.9 Å². The number of hydrogen-bond donors (Lipinski definition) is 0. The molecule has 3 heteroatoms. The average molecular weight is 231 g/mol. The monoisotopic (exact) mass is 230 g/mol. The molecule has 1 rings (SSSR count). The molecule has 0 N–H and O–H groups in total. The molecular formula is C11H12Cl2O. The first kappa shape index (κ1) is 11.4. The van der Waals surface area contributed by atoms with E-state index in [1.165, 1.54) is 0 Å². The molecule has 0 amide bonds. The Morgan fingerprint density at radius 2 is 2.14 bits per heavy atom. The summed E-state index contributed by atoms with van der Waals surface area (Å²) in [6.07, 6.45) is 4.85. The van der Waals surface area contributed by atoms with E-state index in [2.05, 4.69) is 0 Å². The third kappa shape index (κ3) is 3.60. The van der Waals surface area contributed by atoms with Crippen LogP contribution in [0.4, 0.5) is 0 Å². The van der Waals surface area contributed by atoms with Crippen LogP contribution >= 0.6 is 23.2 Å². The molecule has 0 aliphatic rings. The second-order valence-corrected chi connectivity index (χ2v) is 3.62. The molecule has 0 saturated carbocycles. The Morgan fingerprint density at radius 1 is 1.36 bits per heavy atom. The van der Waals surface area contributed by atoms with Crippen molar-refractivity contribution in [3.05, 3.63) is 34.9 Å². The lowest BCUT2D eigenvalue weighted by Gasteiger charge is -2.01. The number of benzene rings is 1. The lowest BCUT2D eigenvalue weighted by molar-refractivity contribution is 0.415. The molecule has 1 aromatic rings. The first-order valence-corrected chi connectivity index (χ1v) is 5.24. The maximum atomic E-state index is 5.90. The van der Waals surface area contributed by atoms with Crippen molar-refractivity contribution < 1.29 is 4.74 Å². The van der Waals surface area contributed by atoms with Crippen LogP contribution in [0.1, 0.15) is 12.0 Å². The van der Waals surface area contributed by atoms with Crippen LogP contribution in [0.15, 0.2) is 24.3 Å². The van der Waals surface area contributed by atoms with Crippen LogP contribution in [-0.4, -0.2) is 13.0 Å². The summed E-state index contributed by atoms with van der Waals surface area (Å²) >= 11 is 11.5. The van der Waals surface area contributed by atoms with Crippen molar-refractivity contribution in [2.45, 2.75) is 6.42 Å². The van der Waals surface area contributed by atoms with Gasteiger partial charge in [-0.2, -0.15) is 0 Å². The van der Waals surface area contributed by atoms with E-state index in [0.29, 0.717) is 10.9 Å². The second kappa shape index (κ2) is 5.94. The van der Waals surface area contributed by atoms with Crippen LogP contribution in [0.5, 0.6) is 5.75 Å². The molecule has 1 nitrogen and oxygen atoms in total. The van der Waals surface area contributed by atoms with Gasteiger partial charge in [0, 0.05) is 10.9 Å². The predicted molar refractivity (Wildman–Crippen MR) is 62.4 cm³/mol. The molecule has 0 fully saturated rings. The number of allylic oxidation sites excluding steroid dienone is 1. The van der Waals surface area contributed by atoms with E-state index in [-0.39, 0.29) is 0 Å². The standard InChI is InChI=1S/C11H12Cl2O/c1-14-11-7-9(4-2-3-5-12)6-10(13)8-11/h2,4,6-8H,3,5H2,1H3. The molecule has 0 aromatic heterocycles. The molecule has 0 saturated heterocycles. The van der Waals surface area contributed by atoms with Gasteiger partial charge in [-0.15, -0.1) is 11.6 Å². The molecule has 0 aliphatic heterocycles. The first-order chi connectivity index (χ1) is 6.76. The fourth-order valence-electron chi connectivity index (χ4n) is 1.08. The lowest BCUT2D eigenvalue weighted by Crippen LogP contribution is -1.83. The normalized spacial score (nSPS) is 10.8. The van der Waals surface area contributed by atoms with Gasteiger partial charge in [0.2, 0.25) is 0 Å². The highest BCUT2D eigenvalue weighted by Gasteiger charge is 1.96. The number of methoxy groups -OCH3 is 1. The van der Waals surface area contributed by atoms with Crippen molar-refractivity contribution in [3.8, 4) is 5.75 Å². The third-order valence-electron chi connectivity index (χ3n) is 1.72. The van der Waals surface area contributed by atoms with Crippen LogP contribution < -0.4 is 4.74 Å². The van der Waals surface area contributed by atoms with Crippen LogP contribution in [0.3, 0.4) is 0 Å². The van der Waals surface area contributed by atoms with E-state index < -0.39 is 0 Å². The van der Waals surface area contributed by atoms with Gasteiger partial charge in [-0.05, 0) is 30.2 Å². The predicted octanol–water partition coefficient (Wildman–Crippen LogP) is 3.99. The molecule has 0 unspecified atom stereocenters. The minimum absolute atomic E-state index is 0.633. The molecule has 14 heavy (non-hydrogen) atoms. The van der Waals surface area contributed by atoms with Gasteiger partial charge < -0.3 is 4.74 Å². The number of rotatable bonds is 4. The van der Waals surface area contributed by atoms with Crippen molar-refractivity contribution in [3.63, 3.8) is 0 Å². The first-order valence-electron chi connectivity index (χ1n) is 4.33. The maximum absolute atomic E-state index is 5.90. The maximum Gasteiger partial charge on any atom is 0.120 e. The number of halogens is 2. The summed E-state index contributed by atoms with van der Waals surface area (Å²) in [6, 6.07) is 5.59. The fraction of sp³-hybridized carbons (Fsp3) is 0.273. The molecule has 1 aromatic carbocycles. The summed E-state index contributed by atoms with van der Waals surface area (Å²) < 4.78 is 5.10. The van der Waals surface area contributed by atoms with Gasteiger partial charge in [0.05, 0.1) is 7.11 Å². The zero-order valence-electron chi connectivity index (χ0n) is 7.97. The lowest BCUT2D eigenvalue weighted by atomic mass is 10.2. The Kier molecular flexibility index (Phi) is 4.85. The van der Waals surface area contributed by atoms with Crippen LogP contribution in [0.25, 0.3) is 6.08 Å². The Balaban J connectivity index is 2.81. The second-order valence-electron chi connectivity index (χ2n) is 2.80. The average Bonchev–Trinajstić information content (AvgIpc) is 2.17. The number of hydrogen-bond acceptors (Lipinski definition) is 1. The van der Waals surface area contributed by atoms with Gasteiger partial charge >= 0.3 is 0 Å². The van der Waals surface area contributed by atoms with E-state index in [1.54, 1.807) is 13.2 Å². The third-order valence-corrected chi connectivity index (χ3v) is 2.15. The van der Waals surface area contributed by atoms with Gasteiger partial charge in [0.1, 0.15) is 5.75 Å². The molecule has 0 bridgehead atoms. The van der Waals surface area contributed by atoms with E-state index in [0.717, 1.165) is 17.7 Å². The number of ether oxygens (including phenoxy) is 1. The Labute approximate surface area is 94.3 Å². The van der Waals surface area contributed by atoms with Gasteiger partial charge in [0.25, 0.3) is 0 Å². The highest BCUT2D eigenvalue weighted by molar-refractivity contribution is 6.30. The largest absolute Gasteiger partial charge is 0.497 e. The summed E-state index contributed by atoms with van der Waals surface area (Å²) in [6.45, 7) is 0. The van der Waals surface area contributed by atoms with E-state index >= 15 is 0 Å². The summed E-state index contributed by atoms with van der Waals surface area (Å²) in [5, 5.41) is 0.676. The van der Waals surface area contributed by atoms with Crippen molar-refractivity contribution in [2.75, 3.05) is 13.0 Å². The van der Waals surface area contributed by atoms with E-state index in [9.17, 15) is 0 Å². The Bertz CT molecular complexity index is 321. The Morgan fingerprint density at radius 3 is 2.79 bits per heavy atom. The highest BCUT2D eigenvalue weighted by atomic mass is 35.5. The minimum Gasteiger partial charge on any atom is -0.497 e. The highest BCUT2D eigenvalue weighted by Crippen LogP contribution is 2.21. The topological polar surface area (TPSA) is 9.23 Å². The Hall–Kier alpha value is -0.660. The van der Waals surface area contributed by atoms with Gasteiger partial charge in [0.15, 0.2) is 0 Å².